The van der Waals surface area contributed by atoms with Crippen molar-refractivity contribution >= 4 is 0 Å². The van der Waals surface area contributed by atoms with E-state index < -0.39 is 97.8 Å². The maximum atomic E-state index is 12.2. The summed E-state index contributed by atoms with van der Waals surface area (Å²) in [4.78, 5) is 0. The number of aliphatic hydroxyl groups excluding tert-OH is 8. The molecule has 4 aliphatic carbocycles. The van der Waals surface area contributed by atoms with E-state index in [2.05, 4.69) is 47.6 Å². The largest absolute Gasteiger partial charge is 0.394 e. The fraction of sp³-hybridized carbons (Fsp3) is 0.952. The van der Waals surface area contributed by atoms with E-state index in [4.69, 9.17) is 18.9 Å². The van der Waals surface area contributed by atoms with Crippen LogP contribution in [-0.2, 0) is 18.9 Å². The monoisotopic (exact) mass is 784 g/mol. The molecular formula is C42H72O13. The van der Waals surface area contributed by atoms with Crippen molar-refractivity contribution in [3.05, 3.63) is 11.6 Å². The van der Waals surface area contributed by atoms with Crippen molar-refractivity contribution in [3.8, 4) is 0 Å². The molecule has 318 valence electrons. The van der Waals surface area contributed by atoms with E-state index in [1.54, 1.807) is 0 Å². The van der Waals surface area contributed by atoms with Gasteiger partial charge in [-0.25, -0.2) is 0 Å². The van der Waals surface area contributed by atoms with Gasteiger partial charge in [-0.3, -0.25) is 0 Å². The van der Waals surface area contributed by atoms with Gasteiger partial charge in [0.1, 0.15) is 48.8 Å². The van der Waals surface area contributed by atoms with Crippen LogP contribution in [0.2, 0.25) is 0 Å². The Hall–Kier alpha value is -0.780. The van der Waals surface area contributed by atoms with Crippen molar-refractivity contribution in [2.45, 2.75) is 192 Å². The zero-order valence-corrected chi connectivity index (χ0v) is 34.3. The Morgan fingerprint density at radius 3 is 1.95 bits per heavy atom. The van der Waals surface area contributed by atoms with Crippen LogP contribution < -0.4 is 0 Å². The first-order valence-corrected chi connectivity index (χ1v) is 20.9. The minimum Gasteiger partial charge on any atom is -0.394 e. The van der Waals surface area contributed by atoms with Crippen molar-refractivity contribution < 1.29 is 64.9 Å². The lowest BCUT2D eigenvalue weighted by Crippen LogP contribution is -2.67. The Labute approximate surface area is 327 Å². The summed E-state index contributed by atoms with van der Waals surface area (Å²) in [5.41, 5.74) is 0.0670. The third-order valence-electron chi connectivity index (χ3n) is 16.4. The van der Waals surface area contributed by atoms with Gasteiger partial charge in [-0.15, -0.1) is 0 Å². The van der Waals surface area contributed by atoms with Crippen LogP contribution in [0, 0.1) is 45.3 Å². The van der Waals surface area contributed by atoms with E-state index in [1.807, 2.05) is 13.8 Å². The van der Waals surface area contributed by atoms with E-state index in [0.717, 1.165) is 44.9 Å². The molecule has 13 nitrogen and oxygen atoms in total. The van der Waals surface area contributed by atoms with Crippen LogP contribution in [-0.4, -0.2) is 138 Å². The minimum atomic E-state index is -1.75. The van der Waals surface area contributed by atoms with Crippen molar-refractivity contribution in [2.24, 2.45) is 45.3 Å². The first-order valence-electron chi connectivity index (χ1n) is 20.9. The molecule has 0 aromatic carbocycles. The normalized spacial score (nSPS) is 51.6. The Balaban J connectivity index is 1.22. The number of fused-ring (bicyclic) bond motifs is 5. The van der Waals surface area contributed by atoms with E-state index in [0.29, 0.717) is 18.8 Å². The Morgan fingerprint density at radius 2 is 1.33 bits per heavy atom. The molecule has 55 heavy (non-hydrogen) atoms. The summed E-state index contributed by atoms with van der Waals surface area (Å²) in [6, 6.07) is 0. The van der Waals surface area contributed by atoms with Gasteiger partial charge >= 0.3 is 0 Å². The molecule has 2 heterocycles. The molecule has 6 rings (SSSR count). The maximum Gasteiger partial charge on any atom is 0.187 e. The summed E-state index contributed by atoms with van der Waals surface area (Å²) >= 11 is 0. The quantitative estimate of drug-likeness (QED) is 0.115. The van der Waals surface area contributed by atoms with Crippen molar-refractivity contribution in [3.63, 3.8) is 0 Å². The van der Waals surface area contributed by atoms with Crippen LogP contribution in [0.3, 0.4) is 0 Å². The van der Waals surface area contributed by atoms with Gasteiger partial charge < -0.3 is 64.9 Å². The van der Waals surface area contributed by atoms with Crippen LogP contribution in [0.4, 0.5) is 0 Å². The van der Waals surface area contributed by atoms with Crippen LogP contribution in [0.1, 0.15) is 113 Å². The highest BCUT2D eigenvalue weighted by Gasteiger charge is 2.70. The Morgan fingerprint density at radius 1 is 0.727 bits per heavy atom. The second-order valence-electron chi connectivity index (χ2n) is 20.2. The highest BCUT2D eigenvalue weighted by atomic mass is 16.8. The highest BCUT2D eigenvalue weighted by molar-refractivity contribution is 5.22. The first kappa shape index (κ1) is 43.8. The topological polar surface area (TPSA) is 219 Å². The second-order valence-corrected chi connectivity index (χ2v) is 20.2. The van der Waals surface area contributed by atoms with Gasteiger partial charge in [-0.1, -0.05) is 46.3 Å². The van der Waals surface area contributed by atoms with Gasteiger partial charge in [-0.05, 0) is 124 Å². The van der Waals surface area contributed by atoms with Crippen molar-refractivity contribution in [1.82, 2.24) is 0 Å². The smallest absolute Gasteiger partial charge is 0.187 e. The van der Waals surface area contributed by atoms with Crippen LogP contribution in [0.15, 0.2) is 11.6 Å². The zero-order valence-electron chi connectivity index (χ0n) is 34.3. The maximum absolute atomic E-state index is 12.2. The van der Waals surface area contributed by atoms with Crippen LogP contribution in [0.25, 0.3) is 0 Å². The molecule has 0 spiro atoms. The lowest BCUT2D eigenvalue weighted by molar-refractivity contribution is -0.378. The molecule has 13 heteroatoms. The second kappa shape index (κ2) is 15.7. The Bertz CT molecular complexity index is 1370. The number of allylic oxidation sites excluding steroid dienone is 2. The highest BCUT2D eigenvalue weighted by Crippen LogP contribution is 2.75. The third-order valence-corrected chi connectivity index (χ3v) is 16.4. The van der Waals surface area contributed by atoms with E-state index in [9.17, 15) is 46.0 Å². The summed E-state index contributed by atoms with van der Waals surface area (Å²) in [5, 5.41) is 95.7. The summed E-state index contributed by atoms with van der Waals surface area (Å²) in [5.74, 6) is 0.973. The van der Waals surface area contributed by atoms with Gasteiger partial charge in [0.15, 0.2) is 12.6 Å². The standard InChI is InChI=1S/C42H72O13/c1-21(10-9-14-38(2,3)51)22-11-16-42(8)29(22)23(45)18-27-40(6)15-13-28(39(4,5)26(40)12-17-41(27,42)7)54-37-35(33(49)31(47)25(20-44)53-37)55-36-34(50)32(48)30(46)24(19-43)52-36/h10,22-37,43-51H,9,11-20H2,1-8H3/b21-10-/t22-,23?,24-,25-,26+,27-,28?,29+,30-,31-,32+,33+,34-,35-,36+,37+,40+,41-,42-/m1/s1. The molecule has 4 saturated carbocycles. The molecule has 0 bridgehead atoms. The molecule has 0 aromatic rings. The summed E-state index contributed by atoms with van der Waals surface area (Å²) in [7, 11) is 0. The van der Waals surface area contributed by atoms with Crippen molar-refractivity contribution in [1.29, 1.82) is 0 Å². The average molecular weight is 785 g/mol. The molecular weight excluding hydrogens is 712 g/mol. The van der Waals surface area contributed by atoms with Gasteiger partial charge in [-0.2, -0.15) is 0 Å². The predicted octanol–water partition coefficient (Wildman–Crippen LogP) is 2.15. The number of ether oxygens (including phenoxy) is 4. The van der Waals surface area contributed by atoms with E-state index in [1.165, 1.54) is 5.57 Å². The number of rotatable bonds is 10. The van der Waals surface area contributed by atoms with Gasteiger partial charge in [0.25, 0.3) is 0 Å². The van der Waals surface area contributed by atoms with E-state index in [-0.39, 0.29) is 34.0 Å². The van der Waals surface area contributed by atoms with E-state index >= 15 is 0 Å². The molecule has 0 radical (unpaired) electrons. The summed E-state index contributed by atoms with van der Waals surface area (Å²) in [6.07, 6.45) is -5.75. The van der Waals surface area contributed by atoms with Gasteiger partial charge in [0, 0.05) is 0 Å². The molecule has 9 N–H and O–H groups in total. The lowest BCUT2D eigenvalue weighted by atomic mass is 9.35. The molecule has 6 aliphatic rings. The number of aliphatic hydroxyl groups is 9. The molecule has 2 unspecified atom stereocenters. The van der Waals surface area contributed by atoms with Gasteiger partial charge in [0.2, 0.25) is 0 Å². The fourth-order valence-corrected chi connectivity index (χ4v) is 13.1. The van der Waals surface area contributed by atoms with Gasteiger partial charge in [0.05, 0.1) is 31.0 Å². The number of hydrogen-bond donors (Lipinski definition) is 9. The lowest BCUT2D eigenvalue weighted by Gasteiger charge is -2.70. The molecule has 2 saturated heterocycles. The Kier molecular flexibility index (Phi) is 12.5. The summed E-state index contributed by atoms with van der Waals surface area (Å²) < 4.78 is 24.4. The SMILES string of the molecule is C/C(=C/CCC(C)(C)O)[C@H]1CC[C@]2(C)[C@@H]1C(O)C[C@@H]1[C@@]3(C)CCC(O[C@@H]4O[C@H](CO)[C@@H](O)[C@H](O)[C@H]4O[C@@H]4O[C@H](CO)[C@@H](O)[C@H](O)[C@H]4O)C(C)(C)[C@@H]3CC[C@]12C. The first-order chi connectivity index (χ1) is 25.6. The summed E-state index contributed by atoms with van der Waals surface area (Å²) in [6.45, 7) is 16.4. The molecule has 2 aliphatic heterocycles. The molecule has 0 aromatic heterocycles. The molecule has 0 amide bonds. The average Bonchev–Trinajstić information content (AvgIpc) is 3.49. The fourth-order valence-electron chi connectivity index (χ4n) is 13.1. The molecule has 19 atom stereocenters. The predicted molar refractivity (Wildman–Crippen MR) is 201 cm³/mol. The number of hydrogen-bond acceptors (Lipinski definition) is 13. The van der Waals surface area contributed by atoms with Crippen LogP contribution in [0.5, 0.6) is 0 Å². The van der Waals surface area contributed by atoms with Crippen molar-refractivity contribution in [2.75, 3.05) is 13.2 Å². The minimum absolute atomic E-state index is 0.0133. The molecule has 6 fully saturated rings. The zero-order chi connectivity index (χ0) is 40.6. The third kappa shape index (κ3) is 7.42. The van der Waals surface area contributed by atoms with Crippen LogP contribution >= 0.6 is 0 Å².